The van der Waals surface area contributed by atoms with Gasteiger partial charge in [-0.15, -0.1) is 0 Å². The van der Waals surface area contributed by atoms with Crippen molar-refractivity contribution in [3.63, 3.8) is 0 Å². The maximum absolute atomic E-state index is 13.1. The largest absolute Gasteiger partial charge is 0.496 e. The number of rotatable bonds is 10. The summed E-state index contributed by atoms with van der Waals surface area (Å²) >= 11 is 5.80. The number of thiocarbonyl (C=S) groups is 1. The number of nitro groups is 1. The summed E-state index contributed by atoms with van der Waals surface area (Å²) in [5.41, 5.74) is 4.27. The second-order valence-corrected chi connectivity index (χ2v) is 10.5. The van der Waals surface area contributed by atoms with Crippen molar-refractivity contribution in [1.82, 2.24) is 19.8 Å². The van der Waals surface area contributed by atoms with Gasteiger partial charge in [0.15, 0.2) is 5.11 Å². The molecule has 0 spiro atoms. The van der Waals surface area contributed by atoms with Gasteiger partial charge in [0.05, 0.1) is 48.7 Å². The molecule has 1 aliphatic rings. The zero-order valence-corrected chi connectivity index (χ0v) is 25.1. The lowest BCUT2D eigenvalue weighted by Crippen LogP contribution is -2.33. The topological polar surface area (TPSA) is 124 Å². The van der Waals surface area contributed by atoms with Crippen LogP contribution in [0.1, 0.15) is 41.1 Å². The van der Waals surface area contributed by atoms with Crippen molar-refractivity contribution in [3.8, 4) is 17.2 Å². The lowest BCUT2D eigenvalue weighted by molar-refractivity contribution is -0.384. The van der Waals surface area contributed by atoms with E-state index in [4.69, 9.17) is 21.7 Å². The van der Waals surface area contributed by atoms with Crippen LogP contribution in [-0.4, -0.2) is 51.2 Å². The molecular formula is C31H32N6O5S. The Labute approximate surface area is 254 Å². The molecule has 1 saturated heterocycles. The summed E-state index contributed by atoms with van der Waals surface area (Å²) in [6.07, 6.45) is 1.89. The Morgan fingerprint density at radius 1 is 1.09 bits per heavy atom. The number of aryl methyl sites for hydroxylation is 1. The van der Waals surface area contributed by atoms with Crippen molar-refractivity contribution in [1.29, 1.82) is 0 Å². The van der Waals surface area contributed by atoms with E-state index in [1.54, 1.807) is 37.6 Å². The van der Waals surface area contributed by atoms with E-state index in [0.717, 1.165) is 22.6 Å². The van der Waals surface area contributed by atoms with Crippen molar-refractivity contribution in [2.24, 2.45) is 0 Å². The average molecular weight is 601 g/mol. The smallest absolute Gasteiger partial charge is 0.296 e. The van der Waals surface area contributed by atoms with E-state index in [9.17, 15) is 14.9 Å². The number of ether oxygens (including phenoxy) is 2. The van der Waals surface area contributed by atoms with Crippen molar-refractivity contribution in [2.75, 3.05) is 26.1 Å². The molecule has 11 nitrogen and oxygen atoms in total. The van der Waals surface area contributed by atoms with E-state index in [2.05, 4.69) is 15.6 Å². The maximum Gasteiger partial charge on any atom is 0.296 e. The first kappa shape index (κ1) is 29.5. The fraction of sp³-hybridized carbons (Fsp3) is 0.258. The number of nitrogens with one attached hydrogen (secondary N) is 2. The molecular weight excluding hydrogens is 568 g/mol. The van der Waals surface area contributed by atoms with Gasteiger partial charge in [0, 0.05) is 30.6 Å². The van der Waals surface area contributed by atoms with E-state index in [1.165, 1.54) is 13.2 Å². The third-order valence-electron chi connectivity index (χ3n) is 7.57. The van der Waals surface area contributed by atoms with Gasteiger partial charge in [0.2, 0.25) is 5.91 Å². The number of nitro benzene ring substituents is 1. The molecule has 3 heterocycles. The highest BCUT2D eigenvalue weighted by Crippen LogP contribution is 2.42. The average Bonchev–Trinajstić information content (AvgIpc) is 3.50. The van der Waals surface area contributed by atoms with Crippen LogP contribution in [0.3, 0.4) is 0 Å². The van der Waals surface area contributed by atoms with Gasteiger partial charge in [-0.05, 0) is 74.1 Å². The normalized spacial score (nSPS) is 16.1. The summed E-state index contributed by atoms with van der Waals surface area (Å²) in [6.45, 7) is 4.17. The Morgan fingerprint density at radius 2 is 1.86 bits per heavy atom. The molecule has 1 aliphatic heterocycles. The summed E-state index contributed by atoms with van der Waals surface area (Å²) in [5.74, 6) is 0.783. The van der Waals surface area contributed by atoms with E-state index < -0.39 is 4.92 Å². The Bertz CT molecular complexity index is 1670. The molecule has 0 unspecified atom stereocenters. The second-order valence-electron chi connectivity index (χ2n) is 10.1. The standard InChI is InChI=1S/C31H32N6O5S/c1-19-17-22(20(2)36(19)25-13-12-21(41-3)18-26(25)37(39)40)30-29(24-10-7-8-15-32-24)34-31(43)35(30)16-14-28(38)33-23-9-5-6-11-27(23)42-4/h5-13,15,17-18,29-30H,14,16H2,1-4H3,(H,33,38)(H,34,43)/t29-,30-/m1/s1. The van der Waals surface area contributed by atoms with E-state index in [-0.39, 0.29) is 30.1 Å². The molecule has 1 fully saturated rings. The summed E-state index contributed by atoms with van der Waals surface area (Å²) in [4.78, 5) is 31.3. The summed E-state index contributed by atoms with van der Waals surface area (Å²) in [6, 6.07) is 19.1. The Balaban J connectivity index is 1.51. The summed E-state index contributed by atoms with van der Waals surface area (Å²) in [7, 11) is 3.03. The third kappa shape index (κ3) is 5.86. The minimum Gasteiger partial charge on any atom is -0.496 e. The first-order valence-electron chi connectivity index (χ1n) is 13.7. The number of amides is 1. The fourth-order valence-electron chi connectivity index (χ4n) is 5.59. The molecule has 0 radical (unpaired) electrons. The number of carbonyl (C=O) groups excluding carboxylic acids is 1. The van der Waals surface area contributed by atoms with Crippen molar-refractivity contribution >= 4 is 34.6 Å². The minimum absolute atomic E-state index is 0.0705. The lowest BCUT2D eigenvalue weighted by atomic mass is 9.96. The number of benzene rings is 2. The highest BCUT2D eigenvalue weighted by molar-refractivity contribution is 7.80. The molecule has 2 aromatic carbocycles. The zero-order chi connectivity index (χ0) is 30.7. The molecule has 43 heavy (non-hydrogen) atoms. The zero-order valence-electron chi connectivity index (χ0n) is 24.2. The molecule has 0 saturated carbocycles. The first-order chi connectivity index (χ1) is 20.7. The summed E-state index contributed by atoms with van der Waals surface area (Å²) < 4.78 is 12.5. The number of carbonyl (C=O) groups is 1. The molecule has 222 valence electrons. The van der Waals surface area contributed by atoms with Gasteiger partial charge in [-0.25, -0.2) is 0 Å². The molecule has 5 rings (SSSR count). The van der Waals surface area contributed by atoms with Gasteiger partial charge in [0.1, 0.15) is 17.2 Å². The van der Waals surface area contributed by atoms with Crippen LogP contribution in [0.2, 0.25) is 0 Å². The third-order valence-corrected chi connectivity index (χ3v) is 7.92. The molecule has 2 N–H and O–H groups in total. The van der Waals surface area contributed by atoms with Crippen LogP contribution < -0.4 is 20.1 Å². The highest BCUT2D eigenvalue weighted by Gasteiger charge is 2.41. The number of hydrogen-bond donors (Lipinski definition) is 2. The molecule has 0 aliphatic carbocycles. The highest BCUT2D eigenvalue weighted by atomic mass is 32.1. The quantitative estimate of drug-likeness (QED) is 0.140. The van der Waals surface area contributed by atoms with Crippen LogP contribution in [0.15, 0.2) is 72.9 Å². The number of hydrogen-bond acceptors (Lipinski definition) is 7. The monoisotopic (exact) mass is 600 g/mol. The van der Waals surface area contributed by atoms with Crippen LogP contribution in [0.25, 0.3) is 5.69 Å². The number of aromatic nitrogens is 2. The number of anilines is 1. The lowest BCUT2D eigenvalue weighted by Gasteiger charge is -2.28. The number of para-hydroxylation sites is 2. The van der Waals surface area contributed by atoms with E-state index >= 15 is 0 Å². The number of pyridine rings is 1. The molecule has 0 bridgehead atoms. The van der Waals surface area contributed by atoms with Crippen molar-refractivity contribution < 1.29 is 19.2 Å². The second kappa shape index (κ2) is 12.5. The maximum atomic E-state index is 13.1. The predicted molar refractivity (Wildman–Crippen MR) is 167 cm³/mol. The van der Waals surface area contributed by atoms with Gasteiger partial charge >= 0.3 is 0 Å². The number of nitrogens with zero attached hydrogens (tertiary/aromatic N) is 4. The van der Waals surface area contributed by atoms with Crippen LogP contribution in [-0.2, 0) is 4.79 Å². The van der Waals surface area contributed by atoms with E-state index in [1.807, 2.05) is 59.7 Å². The molecule has 12 heteroatoms. The minimum atomic E-state index is -0.411. The Hall–Kier alpha value is -4.97. The van der Waals surface area contributed by atoms with Crippen molar-refractivity contribution in [2.45, 2.75) is 32.4 Å². The van der Waals surface area contributed by atoms with Crippen LogP contribution in [0.5, 0.6) is 11.5 Å². The molecule has 1 amide bonds. The van der Waals surface area contributed by atoms with Crippen molar-refractivity contribution in [3.05, 3.63) is 106 Å². The SMILES string of the molecule is COc1ccc(-n2c(C)cc([C@@H]3[C@@H](c4ccccn4)NC(=S)N3CCC(=O)Nc3ccccc3OC)c2C)c([N+](=O)[O-])c1. The molecule has 2 atom stereocenters. The fourth-order valence-corrected chi connectivity index (χ4v) is 5.92. The summed E-state index contributed by atoms with van der Waals surface area (Å²) in [5, 5.41) is 18.9. The Morgan fingerprint density at radius 3 is 2.56 bits per heavy atom. The van der Waals surface area contributed by atoms with Gasteiger partial charge in [-0.1, -0.05) is 18.2 Å². The van der Waals surface area contributed by atoms with Crippen LogP contribution in [0, 0.1) is 24.0 Å². The van der Waals surface area contributed by atoms with Gasteiger partial charge < -0.3 is 29.6 Å². The predicted octanol–water partition coefficient (Wildman–Crippen LogP) is 5.42. The van der Waals surface area contributed by atoms with Crippen LogP contribution >= 0.6 is 12.2 Å². The van der Waals surface area contributed by atoms with E-state index in [0.29, 0.717) is 34.5 Å². The van der Waals surface area contributed by atoms with Gasteiger partial charge in [-0.2, -0.15) is 0 Å². The number of methoxy groups -OCH3 is 2. The molecule has 2 aromatic heterocycles. The van der Waals surface area contributed by atoms with Crippen LogP contribution in [0.4, 0.5) is 11.4 Å². The van der Waals surface area contributed by atoms with Gasteiger partial charge in [-0.3, -0.25) is 19.9 Å². The first-order valence-corrected chi connectivity index (χ1v) is 14.1. The Kier molecular flexibility index (Phi) is 8.58. The molecule has 4 aromatic rings. The van der Waals surface area contributed by atoms with Gasteiger partial charge in [0.25, 0.3) is 5.69 Å².